The van der Waals surface area contributed by atoms with E-state index < -0.39 is 0 Å². The van der Waals surface area contributed by atoms with Crippen LogP contribution in [0.1, 0.15) is 37.7 Å². The van der Waals surface area contributed by atoms with Crippen molar-refractivity contribution in [2.45, 2.75) is 39.4 Å². The molecule has 1 aromatic heterocycles. The van der Waals surface area contributed by atoms with Crippen LogP contribution in [0, 0.1) is 10.1 Å². The van der Waals surface area contributed by atoms with E-state index in [1.165, 1.54) is 6.07 Å². The summed E-state index contributed by atoms with van der Waals surface area (Å²) in [5.74, 6) is 0.981. The predicted octanol–water partition coefficient (Wildman–Crippen LogP) is 3.05. The third-order valence-corrected chi connectivity index (χ3v) is 3.41. The van der Waals surface area contributed by atoms with Gasteiger partial charge in [-0.2, -0.15) is 0 Å². The van der Waals surface area contributed by atoms with E-state index in [4.69, 9.17) is 0 Å². The van der Waals surface area contributed by atoms with E-state index in [0.717, 1.165) is 24.4 Å². The topological polar surface area (TPSA) is 73.0 Å². The number of nitrogens with zero attached hydrogens (tertiary/aromatic N) is 3. The van der Waals surface area contributed by atoms with Gasteiger partial charge in [-0.3, -0.25) is 10.1 Å². The Morgan fingerprint density at radius 1 is 1.48 bits per heavy atom. The van der Waals surface area contributed by atoms with Gasteiger partial charge in [0.05, 0.1) is 11.5 Å². The average molecular weight is 288 g/mol. The van der Waals surface area contributed by atoms with Crippen molar-refractivity contribution < 1.29 is 4.92 Å². The molecule has 0 aliphatic carbocycles. The number of benzene rings is 1. The number of rotatable bonds is 7. The Hall–Kier alpha value is -2.21. The number of nitrogens with one attached hydrogen (secondary N) is 1. The average Bonchev–Trinajstić information content (AvgIpc) is 2.92. The quantitative estimate of drug-likeness (QED) is 0.627. The number of hydrogen-bond acceptors (Lipinski definition) is 4. The molecule has 1 atom stereocenters. The number of non-ortho nitro benzene ring substituents is 1. The fraction of sp³-hybridized carbons (Fsp3) is 0.400. The van der Waals surface area contributed by atoms with E-state index in [1.807, 2.05) is 19.2 Å². The molecule has 0 amide bonds. The summed E-state index contributed by atoms with van der Waals surface area (Å²) in [4.78, 5) is 14.8. The zero-order valence-electron chi connectivity index (χ0n) is 12.3. The molecule has 0 aliphatic rings. The molecular formula is C15H20N4O2. The second-order valence-corrected chi connectivity index (χ2v) is 4.99. The lowest BCUT2D eigenvalue weighted by Crippen LogP contribution is -2.20. The first-order valence-electron chi connectivity index (χ1n) is 7.09. The summed E-state index contributed by atoms with van der Waals surface area (Å²) in [5.41, 5.74) is 1.02. The molecular weight excluding hydrogens is 268 g/mol. The van der Waals surface area contributed by atoms with E-state index in [2.05, 4.69) is 21.8 Å². The highest BCUT2D eigenvalue weighted by molar-refractivity contribution is 5.35. The van der Waals surface area contributed by atoms with Crippen molar-refractivity contribution in [3.05, 3.63) is 58.2 Å². The highest BCUT2D eigenvalue weighted by Gasteiger charge is 2.11. The Kier molecular flexibility index (Phi) is 5.05. The molecule has 0 radical (unpaired) electrons. The maximum Gasteiger partial charge on any atom is 0.269 e. The smallest absolute Gasteiger partial charge is 0.269 e. The molecule has 6 nitrogen and oxygen atoms in total. The van der Waals surface area contributed by atoms with Crippen LogP contribution in [0.15, 0.2) is 36.7 Å². The minimum absolute atomic E-state index is 0.0247. The number of hydrogen-bond donors (Lipinski definition) is 1. The molecule has 0 bridgehead atoms. The first-order valence-corrected chi connectivity index (χ1v) is 7.09. The highest BCUT2D eigenvalue weighted by Crippen LogP contribution is 2.19. The molecule has 2 aromatic rings. The molecule has 21 heavy (non-hydrogen) atoms. The summed E-state index contributed by atoms with van der Waals surface area (Å²) in [6.45, 7) is 5.70. The van der Waals surface area contributed by atoms with Crippen LogP contribution in [0.4, 0.5) is 5.69 Å². The lowest BCUT2D eigenvalue weighted by Gasteiger charge is -2.14. The van der Waals surface area contributed by atoms with Gasteiger partial charge < -0.3 is 9.88 Å². The molecule has 1 unspecified atom stereocenters. The standard InChI is InChI=1S/C15H20N4O2/c1-3-8-18-9-7-16-15(18)11-17-12(2)13-5-4-6-14(10-13)19(20)21/h4-7,9-10,12,17H,3,8,11H2,1-2H3. The Balaban J connectivity index is 2.01. The van der Waals surface area contributed by atoms with Crippen molar-refractivity contribution in [2.75, 3.05) is 0 Å². The van der Waals surface area contributed by atoms with Gasteiger partial charge in [0.25, 0.3) is 5.69 Å². The maximum atomic E-state index is 10.8. The normalized spacial score (nSPS) is 12.3. The van der Waals surface area contributed by atoms with Gasteiger partial charge in [-0.15, -0.1) is 0 Å². The molecule has 0 fully saturated rings. The Labute approximate surface area is 124 Å². The molecule has 1 aromatic carbocycles. The molecule has 1 N–H and O–H groups in total. The molecule has 2 rings (SSSR count). The fourth-order valence-electron chi connectivity index (χ4n) is 2.22. The third kappa shape index (κ3) is 3.88. The van der Waals surface area contributed by atoms with E-state index >= 15 is 0 Å². The van der Waals surface area contributed by atoms with Crippen LogP contribution in [0.25, 0.3) is 0 Å². The Morgan fingerprint density at radius 2 is 2.29 bits per heavy atom. The van der Waals surface area contributed by atoms with Crippen molar-refractivity contribution >= 4 is 5.69 Å². The van der Waals surface area contributed by atoms with Gasteiger partial charge in [0, 0.05) is 37.1 Å². The summed E-state index contributed by atoms with van der Waals surface area (Å²) in [6.07, 6.45) is 4.83. The first-order chi connectivity index (χ1) is 10.1. The molecule has 0 saturated heterocycles. The maximum absolute atomic E-state index is 10.8. The van der Waals surface area contributed by atoms with Gasteiger partial charge in [0.2, 0.25) is 0 Å². The number of imidazole rings is 1. The summed E-state index contributed by atoms with van der Waals surface area (Å²) in [7, 11) is 0. The summed E-state index contributed by atoms with van der Waals surface area (Å²) in [6, 6.07) is 6.74. The molecule has 0 spiro atoms. The monoisotopic (exact) mass is 288 g/mol. The zero-order valence-corrected chi connectivity index (χ0v) is 12.3. The van der Waals surface area contributed by atoms with E-state index in [9.17, 15) is 10.1 Å². The van der Waals surface area contributed by atoms with Crippen molar-refractivity contribution in [2.24, 2.45) is 0 Å². The Morgan fingerprint density at radius 3 is 3.00 bits per heavy atom. The van der Waals surface area contributed by atoms with Crippen LogP contribution in [0.2, 0.25) is 0 Å². The van der Waals surface area contributed by atoms with Gasteiger partial charge in [0.1, 0.15) is 5.82 Å². The molecule has 0 aliphatic heterocycles. The summed E-state index contributed by atoms with van der Waals surface area (Å²) < 4.78 is 2.12. The first kappa shape index (κ1) is 15.2. The second-order valence-electron chi connectivity index (χ2n) is 4.99. The van der Waals surface area contributed by atoms with Crippen molar-refractivity contribution in [1.82, 2.24) is 14.9 Å². The van der Waals surface area contributed by atoms with E-state index in [-0.39, 0.29) is 16.7 Å². The zero-order chi connectivity index (χ0) is 15.2. The minimum Gasteiger partial charge on any atom is -0.334 e. The van der Waals surface area contributed by atoms with Crippen LogP contribution >= 0.6 is 0 Å². The highest BCUT2D eigenvalue weighted by atomic mass is 16.6. The van der Waals surface area contributed by atoms with Crippen molar-refractivity contribution in [3.63, 3.8) is 0 Å². The van der Waals surface area contributed by atoms with Gasteiger partial charge in [-0.1, -0.05) is 19.1 Å². The number of nitro groups is 1. The lowest BCUT2D eigenvalue weighted by molar-refractivity contribution is -0.384. The molecule has 112 valence electrons. The van der Waals surface area contributed by atoms with E-state index in [0.29, 0.717) is 6.54 Å². The summed E-state index contributed by atoms with van der Waals surface area (Å²) in [5, 5.41) is 14.2. The van der Waals surface area contributed by atoms with E-state index in [1.54, 1.807) is 18.3 Å². The van der Waals surface area contributed by atoms with Crippen molar-refractivity contribution in [1.29, 1.82) is 0 Å². The van der Waals surface area contributed by atoms with Crippen LogP contribution in [0.3, 0.4) is 0 Å². The van der Waals surface area contributed by atoms with Crippen LogP contribution in [-0.2, 0) is 13.1 Å². The Bertz CT molecular complexity index is 609. The predicted molar refractivity (Wildman–Crippen MR) is 80.9 cm³/mol. The lowest BCUT2D eigenvalue weighted by atomic mass is 10.1. The van der Waals surface area contributed by atoms with Crippen molar-refractivity contribution in [3.8, 4) is 0 Å². The summed E-state index contributed by atoms with van der Waals surface area (Å²) >= 11 is 0. The minimum atomic E-state index is -0.371. The van der Waals surface area contributed by atoms with Crippen LogP contribution in [0.5, 0.6) is 0 Å². The number of aromatic nitrogens is 2. The van der Waals surface area contributed by atoms with Gasteiger partial charge in [-0.25, -0.2) is 4.98 Å². The molecule has 6 heteroatoms. The largest absolute Gasteiger partial charge is 0.334 e. The SMILES string of the molecule is CCCn1ccnc1CNC(C)c1cccc([N+](=O)[O-])c1. The molecule has 0 saturated carbocycles. The number of nitro benzene ring substituents is 1. The second kappa shape index (κ2) is 6.99. The molecule has 1 heterocycles. The number of aryl methyl sites for hydroxylation is 1. The van der Waals surface area contributed by atoms with Crippen LogP contribution in [-0.4, -0.2) is 14.5 Å². The van der Waals surface area contributed by atoms with Crippen LogP contribution < -0.4 is 5.32 Å². The van der Waals surface area contributed by atoms with Gasteiger partial charge in [0.15, 0.2) is 0 Å². The van der Waals surface area contributed by atoms with Gasteiger partial charge >= 0.3 is 0 Å². The fourth-order valence-corrected chi connectivity index (χ4v) is 2.22. The van der Waals surface area contributed by atoms with Gasteiger partial charge in [-0.05, 0) is 18.9 Å². The third-order valence-electron chi connectivity index (χ3n) is 3.41.